The van der Waals surface area contributed by atoms with Gasteiger partial charge in [0.2, 0.25) is 0 Å². The summed E-state index contributed by atoms with van der Waals surface area (Å²) in [6, 6.07) is 11.0. The van der Waals surface area contributed by atoms with Crippen molar-refractivity contribution in [3.8, 4) is 0 Å². The molecule has 7 heteroatoms. The minimum atomic E-state index is -0.828. The lowest BCUT2D eigenvalue weighted by molar-refractivity contribution is -0.143. The Bertz CT molecular complexity index is 1030. The number of halogens is 2. The SMILES string of the molecule is Cc1ccc2[nH]cc(C(C(=O)O)N3CCN(c4ccc(Cl)c(Cl)c4)CC3)c2c1. The maximum atomic E-state index is 12.2. The van der Waals surface area contributed by atoms with Gasteiger partial charge in [-0.2, -0.15) is 0 Å². The molecular weight excluding hydrogens is 397 g/mol. The van der Waals surface area contributed by atoms with Crippen LogP contribution in [0.3, 0.4) is 0 Å². The van der Waals surface area contributed by atoms with Gasteiger partial charge in [-0.15, -0.1) is 0 Å². The number of H-pyrrole nitrogens is 1. The average molecular weight is 418 g/mol. The molecule has 1 atom stereocenters. The van der Waals surface area contributed by atoms with Crippen LogP contribution in [0.25, 0.3) is 10.9 Å². The number of hydrogen-bond donors (Lipinski definition) is 2. The van der Waals surface area contributed by atoms with Crippen molar-refractivity contribution in [2.75, 3.05) is 31.1 Å². The van der Waals surface area contributed by atoms with Crippen molar-refractivity contribution in [2.45, 2.75) is 13.0 Å². The molecular formula is C21H21Cl2N3O2. The van der Waals surface area contributed by atoms with E-state index < -0.39 is 12.0 Å². The standard InChI is InChI=1S/C21H21Cl2N3O2/c1-13-2-5-19-15(10-13)16(12-24-19)20(21(27)28)26-8-6-25(7-9-26)14-3-4-17(22)18(23)11-14/h2-5,10-12,20,24H,6-9H2,1H3,(H,27,28). The second-order valence-electron chi connectivity index (χ2n) is 7.16. The van der Waals surface area contributed by atoms with E-state index in [0.29, 0.717) is 23.1 Å². The first-order valence-corrected chi connectivity index (χ1v) is 9.94. The van der Waals surface area contributed by atoms with Crippen LogP contribution in [0.1, 0.15) is 17.2 Å². The Labute approximate surface area is 173 Å². The van der Waals surface area contributed by atoms with Crippen molar-refractivity contribution in [3.05, 3.63) is 63.8 Å². The average Bonchev–Trinajstić information content (AvgIpc) is 3.07. The number of aliphatic carboxylic acids is 1. The molecule has 1 aromatic heterocycles. The van der Waals surface area contributed by atoms with Gasteiger partial charge in [0.05, 0.1) is 10.0 Å². The van der Waals surface area contributed by atoms with Gasteiger partial charge in [0.1, 0.15) is 6.04 Å². The normalized spacial score (nSPS) is 16.5. The molecule has 0 bridgehead atoms. The highest BCUT2D eigenvalue weighted by Crippen LogP contribution is 2.32. The van der Waals surface area contributed by atoms with Gasteiger partial charge < -0.3 is 15.0 Å². The van der Waals surface area contributed by atoms with Crippen LogP contribution >= 0.6 is 23.2 Å². The molecule has 0 radical (unpaired) electrons. The Hall–Kier alpha value is -2.21. The summed E-state index contributed by atoms with van der Waals surface area (Å²) < 4.78 is 0. The first kappa shape index (κ1) is 19.1. The van der Waals surface area contributed by atoms with Gasteiger partial charge in [-0.3, -0.25) is 9.69 Å². The highest BCUT2D eigenvalue weighted by atomic mass is 35.5. The third-order valence-corrected chi connectivity index (χ3v) is 6.08. The molecule has 5 nitrogen and oxygen atoms in total. The second-order valence-corrected chi connectivity index (χ2v) is 7.97. The molecule has 1 saturated heterocycles. The van der Waals surface area contributed by atoms with E-state index in [-0.39, 0.29) is 0 Å². The molecule has 146 valence electrons. The van der Waals surface area contributed by atoms with Crippen LogP contribution < -0.4 is 4.90 Å². The van der Waals surface area contributed by atoms with Crippen LogP contribution in [0, 0.1) is 6.92 Å². The van der Waals surface area contributed by atoms with E-state index in [4.69, 9.17) is 23.2 Å². The van der Waals surface area contributed by atoms with Crippen molar-refractivity contribution in [2.24, 2.45) is 0 Å². The Morgan fingerprint density at radius 2 is 1.82 bits per heavy atom. The molecule has 0 amide bonds. The number of aromatic nitrogens is 1. The van der Waals surface area contributed by atoms with Crippen molar-refractivity contribution < 1.29 is 9.90 Å². The first-order chi connectivity index (χ1) is 13.4. The van der Waals surface area contributed by atoms with Gasteiger partial charge in [-0.25, -0.2) is 0 Å². The number of nitrogens with one attached hydrogen (secondary N) is 1. The van der Waals surface area contributed by atoms with Gasteiger partial charge in [-0.05, 0) is 37.3 Å². The van der Waals surface area contributed by atoms with Crippen molar-refractivity contribution in [1.29, 1.82) is 0 Å². The predicted octanol–water partition coefficient (Wildman–Crippen LogP) is 4.73. The molecule has 4 rings (SSSR count). The van der Waals surface area contributed by atoms with E-state index in [2.05, 4.69) is 9.88 Å². The summed E-state index contributed by atoms with van der Waals surface area (Å²) in [5.41, 5.74) is 3.89. The topological polar surface area (TPSA) is 59.6 Å². The Morgan fingerprint density at radius 3 is 2.50 bits per heavy atom. The number of rotatable bonds is 4. The van der Waals surface area contributed by atoms with Crippen molar-refractivity contribution >= 4 is 45.8 Å². The molecule has 1 aliphatic rings. The summed E-state index contributed by atoms with van der Waals surface area (Å²) in [5.74, 6) is -0.828. The second kappa shape index (κ2) is 7.66. The van der Waals surface area contributed by atoms with Crippen molar-refractivity contribution in [1.82, 2.24) is 9.88 Å². The van der Waals surface area contributed by atoms with Crippen LogP contribution in [0.15, 0.2) is 42.6 Å². The fraction of sp³-hybridized carbons (Fsp3) is 0.286. The third-order valence-electron chi connectivity index (χ3n) is 5.35. The Morgan fingerprint density at radius 1 is 1.07 bits per heavy atom. The molecule has 2 heterocycles. The zero-order valence-corrected chi connectivity index (χ0v) is 17.0. The molecule has 0 spiro atoms. The lowest BCUT2D eigenvalue weighted by atomic mass is 10.0. The fourth-order valence-corrected chi connectivity index (χ4v) is 4.18. The van der Waals surface area contributed by atoms with E-state index in [1.54, 1.807) is 6.07 Å². The number of benzene rings is 2. The number of aromatic amines is 1. The van der Waals surface area contributed by atoms with E-state index in [1.165, 1.54) is 0 Å². The summed E-state index contributed by atoms with van der Waals surface area (Å²) in [6.07, 6.45) is 1.83. The van der Waals surface area contributed by atoms with Gasteiger partial charge in [0.15, 0.2) is 0 Å². The summed E-state index contributed by atoms with van der Waals surface area (Å²) in [6.45, 7) is 4.76. The van der Waals surface area contributed by atoms with Crippen LogP contribution in [0.5, 0.6) is 0 Å². The largest absolute Gasteiger partial charge is 0.480 e. The number of carboxylic acid groups (broad SMARTS) is 1. The van der Waals surface area contributed by atoms with Gasteiger partial charge in [0, 0.05) is 54.5 Å². The fourth-order valence-electron chi connectivity index (χ4n) is 3.89. The highest BCUT2D eigenvalue weighted by molar-refractivity contribution is 6.42. The Kier molecular flexibility index (Phi) is 5.23. The molecule has 28 heavy (non-hydrogen) atoms. The van der Waals surface area contributed by atoms with Crippen LogP contribution in [0.4, 0.5) is 5.69 Å². The molecule has 2 aromatic carbocycles. The number of aryl methyl sites for hydroxylation is 1. The number of carboxylic acids is 1. The maximum Gasteiger partial charge on any atom is 0.325 e. The van der Waals surface area contributed by atoms with E-state index in [0.717, 1.165) is 40.8 Å². The zero-order chi connectivity index (χ0) is 19.8. The summed E-state index contributed by atoms with van der Waals surface area (Å²) in [5, 5.41) is 12.0. The van der Waals surface area contributed by atoms with Gasteiger partial charge in [-0.1, -0.05) is 34.8 Å². The van der Waals surface area contributed by atoms with Crippen LogP contribution in [-0.2, 0) is 4.79 Å². The third kappa shape index (κ3) is 3.58. The number of fused-ring (bicyclic) bond motifs is 1. The van der Waals surface area contributed by atoms with E-state index >= 15 is 0 Å². The summed E-state index contributed by atoms with van der Waals surface area (Å²) >= 11 is 12.1. The quantitative estimate of drug-likeness (QED) is 0.643. The monoisotopic (exact) mass is 417 g/mol. The smallest absolute Gasteiger partial charge is 0.325 e. The van der Waals surface area contributed by atoms with Gasteiger partial charge >= 0.3 is 5.97 Å². The number of nitrogens with zero attached hydrogens (tertiary/aromatic N) is 2. The number of hydrogen-bond acceptors (Lipinski definition) is 3. The van der Waals surface area contributed by atoms with Gasteiger partial charge in [0.25, 0.3) is 0 Å². The molecule has 3 aromatic rings. The van der Waals surface area contributed by atoms with Crippen LogP contribution in [-0.4, -0.2) is 47.1 Å². The lowest BCUT2D eigenvalue weighted by Crippen LogP contribution is -2.49. The zero-order valence-electron chi connectivity index (χ0n) is 15.5. The molecule has 0 aliphatic carbocycles. The molecule has 1 aliphatic heterocycles. The summed E-state index contributed by atoms with van der Waals surface area (Å²) in [7, 11) is 0. The van der Waals surface area contributed by atoms with E-state index in [1.807, 2.05) is 48.4 Å². The number of anilines is 1. The minimum absolute atomic E-state index is 0.527. The first-order valence-electron chi connectivity index (χ1n) is 9.18. The number of piperazine rings is 1. The highest BCUT2D eigenvalue weighted by Gasteiger charge is 2.32. The lowest BCUT2D eigenvalue weighted by Gasteiger charge is -2.38. The molecule has 2 N–H and O–H groups in total. The minimum Gasteiger partial charge on any atom is -0.480 e. The Balaban J connectivity index is 1.56. The molecule has 1 fully saturated rings. The molecule has 1 unspecified atom stereocenters. The molecule has 0 saturated carbocycles. The maximum absolute atomic E-state index is 12.2. The van der Waals surface area contributed by atoms with E-state index in [9.17, 15) is 9.90 Å². The summed E-state index contributed by atoms with van der Waals surface area (Å²) in [4.78, 5) is 19.6. The predicted molar refractivity (Wildman–Crippen MR) is 114 cm³/mol. The number of carbonyl (C=O) groups is 1. The van der Waals surface area contributed by atoms with Crippen LogP contribution in [0.2, 0.25) is 10.0 Å². The van der Waals surface area contributed by atoms with Crippen molar-refractivity contribution in [3.63, 3.8) is 0 Å².